The van der Waals surface area contributed by atoms with Gasteiger partial charge in [-0.05, 0) is 33.1 Å². The summed E-state index contributed by atoms with van der Waals surface area (Å²) < 4.78 is 28.9. The van der Waals surface area contributed by atoms with Crippen molar-refractivity contribution in [3.8, 4) is 0 Å². The number of unbranched alkanes of at least 4 members (excludes halogenated alkanes) is 6. The normalized spacial score (nSPS) is 33.6. The van der Waals surface area contributed by atoms with E-state index in [1.54, 1.807) is 0 Å². The quantitative estimate of drug-likeness (QED) is 0.0639. The Morgan fingerprint density at radius 2 is 1.36 bits per heavy atom. The van der Waals surface area contributed by atoms with Gasteiger partial charge >= 0.3 is 11.9 Å². The first-order chi connectivity index (χ1) is 21.4. The molecule has 13 nitrogen and oxygen atoms in total. The number of rotatable bonds is 20. The van der Waals surface area contributed by atoms with Gasteiger partial charge < -0.3 is 54.3 Å². The number of allylic oxidation sites excluding steroid dienone is 1. The van der Waals surface area contributed by atoms with Crippen LogP contribution in [0.1, 0.15) is 105 Å². The maximum Gasteiger partial charge on any atom is 0.308 e. The summed E-state index contributed by atoms with van der Waals surface area (Å²) >= 11 is 0. The van der Waals surface area contributed by atoms with Crippen LogP contribution in [0.3, 0.4) is 0 Å². The van der Waals surface area contributed by atoms with Crippen molar-refractivity contribution in [3.63, 3.8) is 0 Å². The maximum atomic E-state index is 13.1. The fourth-order valence-corrected chi connectivity index (χ4v) is 5.41. The molecule has 0 radical (unpaired) electrons. The number of esters is 1. The zero-order chi connectivity index (χ0) is 33.5. The van der Waals surface area contributed by atoms with E-state index >= 15 is 0 Å². The number of aliphatic carboxylic acids is 1. The summed E-state index contributed by atoms with van der Waals surface area (Å²) in [6, 6.07) is 0. The van der Waals surface area contributed by atoms with E-state index in [4.69, 9.17) is 23.7 Å². The van der Waals surface area contributed by atoms with Crippen molar-refractivity contribution in [2.45, 2.75) is 178 Å². The van der Waals surface area contributed by atoms with Crippen LogP contribution in [0.15, 0.2) is 12.2 Å². The zero-order valence-corrected chi connectivity index (χ0v) is 27.1. The van der Waals surface area contributed by atoms with Crippen molar-refractivity contribution >= 4 is 11.9 Å². The highest BCUT2D eigenvalue weighted by Crippen LogP contribution is 2.31. The summed E-state index contributed by atoms with van der Waals surface area (Å²) in [5.74, 6) is -1.74. The molecule has 2 saturated heterocycles. The first-order valence-corrected chi connectivity index (χ1v) is 16.5. The van der Waals surface area contributed by atoms with E-state index in [1.165, 1.54) is 13.8 Å². The Balaban J connectivity index is 2.13. The van der Waals surface area contributed by atoms with Crippen molar-refractivity contribution < 1.29 is 63.9 Å². The van der Waals surface area contributed by atoms with Crippen molar-refractivity contribution in [1.82, 2.24) is 0 Å². The number of ether oxygens (including phenoxy) is 5. The predicted molar refractivity (Wildman–Crippen MR) is 162 cm³/mol. The average Bonchev–Trinajstić information content (AvgIpc) is 2.98. The molecule has 13 heteroatoms. The van der Waals surface area contributed by atoms with E-state index in [9.17, 15) is 40.2 Å². The van der Waals surface area contributed by atoms with Crippen LogP contribution in [-0.2, 0) is 33.3 Å². The summed E-state index contributed by atoms with van der Waals surface area (Å²) in [5, 5.41) is 61.5. The second-order valence-corrected chi connectivity index (χ2v) is 12.2. The van der Waals surface area contributed by atoms with E-state index in [0.29, 0.717) is 12.8 Å². The second kappa shape index (κ2) is 20.5. The molecule has 0 aromatic rings. The molecule has 2 fully saturated rings. The van der Waals surface area contributed by atoms with Gasteiger partial charge in [0, 0.05) is 6.42 Å². The zero-order valence-electron chi connectivity index (χ0n) is 27.1. The SMILES string of the molecule is CCCCCC/C=C/CC(CC(=O)O)OC(=O)CC(CCCCC)O[C@@H]1O[C@@H](C)[C@H](O)[C@@H](O)[C@H]1O[C@@H]1O[C@@H](C)[C@H](O)[C@@H](O)[C@H]1O. The molecular weight excluding hydrogens is 592 g/mol. The van der Waals surface area contributed by atoms with E-state index in [2.05, 4.69) is 6.92 Å². The van der Waals surface area contributed by atoms with Gasteiger partial charge in [-0.2, -0.15) is 0 Å². The molecule has 45 heavy (non-hydrogen) atoms. The summed E-state index contributed by atoms with van der Waals surface area (Å²) in [6.45, 7) is 7.17. The predicted octanol–water partition coefficient (Wildman–Crippen LogP) is 2.32. The highest BCUT2D eigenvalue weighted by atomic mass is 16.8. The van der Waals surface area contributed by atoms with Crippen molar-refractivity contribution in [3.05, 3.63) is 12.2 Å². The lowest BCUT2D eigenvalue weighted by Gasteiger charge is -2.46. The minimum atomic E-state index is -1.67. The van der Waals surface area contributed by atoms with Gasteiger partial charge in [0.1, 0.15) is 42.7 Å². The number of aliphatic hydroxyl groups is 5. The van der Waals surface area contributed by atoms with E-state index in [0.717, 1.165) is 44.9 Å². The van der Waals surface area contributed by atoms with Crippen molar-refractivity contribution in [2.24, 2.45) is 0 Å². The second-order valence-electron chi connectivity index (χ2n) is 12.2. The Morgan fingerprint density at radius 3 is 2.00 bits per heavy atom. The molecule has 12 atom stereocenters. The molecule has 0 bridgehead atoms. The number of carbonyl (C=O) groups is 2. The lowest BCUT2D eigenvalue weighted by atomic mass is 9.97. The summed E-state index contributed by atoms with van der Waals surface area (Å²) in [4.78, 5) is 24.5. The number of carbonyl (C=O) groups excluding carboxylic acids is 1. The van der Waals surface area contributed by atoms with Crippen molar-refractivity contribution in [1.29, 1.82) is 0 Å². The molecule has 0 aromatic carbocycles. The average molecular weight is 649 g/mol. The van der Waals surface area contributed by atoms with Gasteiger partial charge in [-0.3, -0.25) is 9.59 Å². The van der Waals surface area contributed by atoms with Gasteiger partial charge in [0.2, 0.25) is 0 Å². The molecule has 2 aliphatic heterocycles. The number of hydrogen-bond acceptors (Lipinski definition) is 12. The van der Waals surface area contributed by atoms with Gasteiger partial charge in [-0.15, -0.1) is 0 Å². The minimum absolute atomic E-state index is 0.231. The number of aliphatic hydroxyl groups excluding tert-OH is 5. The van der Waals surface area contributed by atoms with Crippen LogP contribution >= 0.6 is 0 Å². The van der Waals surface area contributed by atoms with Crippen LogP contribution < -0.4 is 0 Å². The number of hydrogen-bond donors (Lipinski definition) is 6. The Bertz CT molecular complexity index is 885. The Kier molecular flexibility index (Phi) is 18.0. The standard InChI is InChI=1S/C32H56O13/c1-5-7-9-10-11-12-14-16-21(17-23(33)34)43-24(35)18-22(15-13-8-6-2)44-32-30(28(39)26(37)20(4)42-32)45-31-29(40)27(38)25(36)19(3)41-31/h12,14,19-22,25-32,36-40H,5-11,13,15-18H2,1-4H3,(H,33,34)/b14-12+/t19-,20-,21?,22?,25-,26-,27+,28+,29+,30+,31-,32-/m0/s1. The van der Waals surface area contributed by atoms with Gasteiger partial charge in [-0.25, -0.2) is 0 Å². The molecule has 2 heterocycles. The largest absolute Gasteiger partial charge is 0.481 e. The van der Waals surface area contributed by atoms with E-state index in [1.807, 2.05) is 19.1 Å². The smallest absolute Gasteiger partial charge is 0.308 e. The van der Waals surface area contributed by atoms with Gasteiger partial charge in [0.25, 0.3) is 0 Å². The molecule has 2 aliphatic rings. The van der Waals surface area contributed by atoms with Crippen LogP contribution in [0.25, 0.3) is 0 Å². The van der Waals surface area contributed by atoms with Crippen LogP contribution in [0.5, 0.6) is 0 Å². The topological polar surface area (TPSA) is 202 Å². The number of carboxylic acids is 1. The minimum Gasteiger partial charge on any atom is -0.481 e. The Morgan fingerprint density at radius 1 is 0.733 bits per heavy atom. The third kappa shape index (κ3) is 13.2. The third-order valence-electron chi connectivity index (χ3n) is 8.23. The molecular formula is C32H56O13. The van der Waals surface area contributed by atoms with E-state index in [-0.39, 0.29) is 19.3 Å². The molecule has 0 saturated carbocycles. The Labute approximate surface area is 266 Å². The van der Waals surface area contributed by atoms with Gasteiger partial charge in [0.15, 0.2) is 12.6 Å². The van der Waals surface area contributed by atoms with Crippen LogP contribution in [0, 0.1) is 0 Å². The molecule has 0 amide bonds. The van der Waals surface area contributed by atoms with Crippen LogP contribution in [0.2, 0.25) is 0 Å². The van der Waals surface area contributed by atoms with Crippen LogP contribution in [-0.4, -0.2) is 116 Å². The third-order valence-corrected chi connectivity index (χ3v) is 8.23. The summed E-state index contributed by atoms with van der Waals surface area (Å²) in [6.07, 6.45) is -3.54. The Hall–Kier alpha value is -1.68. The molecule has 0 aromatic heterocycles. The fourth-order valence-electron chi connectivity index (χ4n) is 5.41. The maximum absolute atomic E-state index is 13.1. The molecule has 0 spiro atoms. The van der Waals surface area contributed by atoms with Gasteiger partial charge in [-0.1, -0.05) is 64.5 Å². The van der Waals surface area contributed by atoms with Crippen molar-refractivity contribution in [2.75, 3.05) is 0 Å². The molecule has 0 aliphatic carbocycles. The molecule has 2 rings (SSSR count). The monoisotopic (exact) mass is 648 g/mol. The van der Waals surface area contributed by atoms with E-state index < -0.39 is 85.6 Å². The fraction of sp³-hybridized carbons (Fsp3) is 0.875. The van der Waals surface area contributed by atoms with Crippen LogP contribution in [0.4, 0.5) is 0 Å². The summed E-state index contributed by atoms with van der Waals surface area (Å²) in [7, 11) is 0. The molecule has 2 unspecified atom stereocenters. The lowest BCUT2D eigenvalue weighted by Crippen LogP contribution is -2.63. The highest BCUT2D eigenvalue weighted by molar-refractivity contribution is 5.72. The summed E-state index contributed by atoms with van der Waals surface area (Å²) in [5.41, 5.74) is 0. The first kappa shape index (κ1) is 39.5. The highest BCUT2D eigenvalue weighted by Gasteiger charge is 2.50. The lowest BCUT2D eigenvalue weighted by molar-refractivity contribution is -0.366. The first-order valence-electron chi connectivity index (χ1n) is 16.5. The van der Waals surface area contributed by atoms with Gasteiger partial charge in [0.05, 0.1) is 31.2 Å². The molecule has 6 N–H and O–H groups in total. The number of carboxylic acid groups (broad SMARTS) is 1. The molecule has 262 valence electrons.